The molecule has 236 valence electrons. The van der Waals surface area contributed by atoms with E-state index in [0.29, 0.717) is 18.1 Å². The number of carbonyl (C=O) groups excluding carboxylic acids is 1. The third-order valence-corrected chi connectivity index (χ3v) is 7.81. The number of hydrogen-bond donors (Lipinski definition) is 3. The van der Waals surface area contributed by atoms with E-state index in [-0.39, 0.29) is 5.91 Å². The lowest BCUT2D eigenvalue weighted by molar-refractivity contribution is -0.144. The van der Waals surface area contributed by atoms with Crippen LogP contribution in [0.2, 0.25) is 0 Å². The van der Waals surface area contributed by atoms with Crippen molar-refractivity contribution < 1.29 is 43.5 Å². The molecule has 1 heterocycles. The summed E-state index contributed by atoms with van der Waals surface area (Å²) in [6.07, 6.45) is 2.74. The lowest BCUT2D eigenvalue weighted by atomic mass is 9.77. The second-order valence-corrected chi connectivity index (χ2v) is 10.7. The van der Waals surface area contributed by atoms with E-state index in [2.05, 4.69) is 24.1 Å². The van der Waals surface area contributed by atoms with Crippen LogP contribution in [0.5, 0.6) is 23.0 Å². The van der Waals surface area contributed by atoms with Gasteiger partial charge in [-0.25, -0.2) is 0 Å². The maximum Gasteiger partial charge on any atom is 0.321 e. The number of carbonyl (C=O) groups is 3. The topological polar surface area (TPSA) is 161 Å². The summed E-state index contributed by atoms with van der Waals surface area (Å²) in [4.78, 5) is 36.9. The van der Waals surface area contributed by atoms with Crippen molar-refractivity contribution in [3.63, 3.8) is 0 Å². The van der Waals surface area contributed by atoms with E-state index >= 15 is 0 Å². The third kappa shape index (κ3) is 8.74. The van der Waals surface area contributed by atoms with Crippen LogP contribution in [0.4, 0.5) is 0 Å². The summed E-state index contributed by atoms with van der Waals surface area (Å²) in [5, 5.41) is 16.0. The second-order valence-electron chi connectivity index (χ2n) is 10.7. The Bertz CT molecular complexity index is 1300. The average Bonchev–Trinajstić information content (AvgIpc) is 3.12. The molecule has 2 aromatic carbocycles. The van der Waals surface area contributed by atoms with Gasteiger partial charge in [-0.15, -0.1) is 0 Å². The molecule has 43 heavy (non-hydrogen) atoms. The number of nitrogens with zero attached hydrogens (tertiary/aromatic N) is 2. The van der Waals surface area contributed by atoms with Crippen molar-refractivity contribution >= 4 is 17.8 Å². The molecule has 0 spiro atoms. The number of benzene rings is 2. The molecular weight excluding hydrogens is 558 g/mol. The lowest BCUT2D eigenvalue weighted by Crippen LogP contribution is -2.36. The molecule has 12 nitrogen and oxygen atoms in total. The van der Waals surface area contributed by atoms with Crippen molar-refractivity contribution in [3.05, 3.63) is 46.5 Å². The zero-order chi connectivity index (χ0) is 31.7. The molecule has 0 radical (unpaired) electrons. The molecule has 1 aliphatic carbocycles. The van der Waals surface area contributed by atoms with E-state index in [4.69, 9.17) is 34.9 Å². The third-order valence-electron chi connectivity index (χ3n) is 7.81. The van der Waals surface area contributed by atoms with E-state index in [0.717, 1.165) is 68.3 Å². The first-order chi connectivity index (χ1) is 20.5. The molecule has 2 aromatic rings. The average molecular weight is 602 g/mol. The lowest BCUT2D eigenvalue weighted by Gasteiger charge is -2.34. The Kier molecular flexibility index (Phi) is 12.0. The molecule has 0 saturated carbocycles. The number of carboxylic acids is 2. The van der Waals surface area contributed by atoms with Crippen molar-refractivity contribution in [1.82, 2.24) is 9.80 Å². The monoisotopic (exact) mass is 601 g/mol. The van der Waals surface area contributed by atoms with E-state index in [1.54, 1.807) is 28.4 Å². The maximum absolute atomic E-state index is 12.9. The summed E-state index contributed by atoms with van der Waals surface area (Å²) in [6, 6.07) is 6.89. The predicted molar refractivity (Wildman–Crippen MR) is 160 cm³/mol. The number of aliphatic carboxylic acids is 2. The zero-order valence-electron chi connectivity index (χ0n) is 25.6. The van der Waals surface area contributed by atoms with Crippen LogP contribution in [0.1, 0.15) is 41.0 Å². The quantitative estimate of drug-likeness (QED) is 0.309. The van der Waals surface area contributed by atoms with Crippen LogP contribution in [0.15, 0.2) is 24.3 Å². The van der Waals surface area contributed by atoms with Crippen molar-refractivity contribution in [3.8, 4) is 23.0 Å². The standard InChI is InChI=1S/C27H36N2O5.C4H7NO4/c1-28(17-21-11-20-14-25(33-4)26(34-5)16-22(20)21)8-6-9-29-10-7-18-12-23(31-2)24(32-3)13-19(18)15-27(29)30;5-2(4(8)9)1-3(6)7/h12-14,16,21H,6-11,15,17H2,1-5H3;2H,1,5H2,(H,6,7)(H,8,9)/t21-;2-/m11/s1. The van der Waals surface area contributed by atoms with Gasteiger partial charge in [-0.05, 0) is 79.4 Å². The Balaban J connectivity index is 0.000000489. The Morgan fingerprint density at radius 2 is 1.51 bits per heavy atom. The molecule has 0 bridgehead atoms. The number of amides is 1. The normalized spacial score (nSPS) is 16.0. The van der Waals surface area contributed by atoms with Crippen molar-refractivity contribution in [2.24, 2.45) is 5.73 Å². The van der Waals surface area contributed by atoms with Gasteiger partial charge >= 0.3 is 11.9 Å². The molecule has 12 heteroatoms. The molecule has 0 saturated heterocycles. The minimum absolute atomic E-state index is 0.183. The molecule has 2 atom stereocenters. The number of fused-ring (bicyclic) bond motifs is 2. The smallest absolute Gasteiger partial charge is 0.321 e. The summed E-state index contributed by atoms with van der Waals surface area (Å²) >= 11 is 0. The van der Waals surface area contributed by atoms with Crippen molar-refractivity contribution in [2.75, 3.05) is 61.7 Å². The first-order valence-electron chi connectivity index (χ1n) is 14.2. The molecule has 4 rings (SSSR count). The van der Waals surface area contributed by atoms with Crippen LogP contribution >= 0.6 is 0 Å². The Hall–Kier alpha value is -4.03. The minimum Gasteiger partial charge on any atom is -0.493 e. The molecule has 0 unspecified atom stereocenters. The second kappa shape index (κ2) is 15.4. The summed E-state index contributed by atoms with van der Waals surface area (Å²) in [5.41, 5.74) is 9.75. The largest absolute Gasteiger partial charge is 0.493 e. The Labute approximate surface area is 252 Å². The summed E-state index contributed by atoms with van der Waals surface area (Å²) in [5.74, 6) is 1.19. The highest BCUT2D eigenvalue weighted by molar-refractivity contribution is 5.80. The predicted octanol–water partition coefficient (Wildman–Crippen LogP) is 2.18. The van der Waals surface area contributed by atoms with Crippen molar-refractivity contribution in [2.45, 2.75) is 44.1 Å². The molecule has 0 fully saturated rings. The van der Waals surface area contributed by atoms with Gasteiger partial charge in [0.15, 0.2) is 23.0 Å². The fourth-order valence-corrected chi connectivity index (χ4v) is 5.43. The number of rotatable bonds is 13. The number of nitrogens with two attached hydrogens (primary N) is 1. The molecule has 4 N–H and O–H groups in total. The van der Waals surface area contributed by atoms with E-state index in [1.165, 1.54) is 16.7 Å². The number of hydrogen-bond acceptors (Lipinski definition) is 9. The SMILES string of the molecule is COc1cc2c(cc1OC)CC(=O)N(CCCN(C)C[C@H]1Cc3cc(OC)c(OC)cc31)CC2.N[C@H](CC(=O)O)C(=O)O. The zero-order valence-corrected chi connectivity index (χ0v) is 25.6. The van der Waals surface area contributed by atoms with Crippen LogP contribution < -0.4 is 24.7 Å². The van der Waals surface area contributed by atoms with Gasteiger partial charge in [-0.3, -0.25) is 14.4 Å². The van der Waals surface area contributed by atoms with Gasteiger partial charge in [0, 0.05) is 25.6 Å². The first kappa shape index (κ1) is 33.5. The molecular formula is C31H43N3O9. The van der Waals surface area contributed by atoms with Crippen LogP contribution in [-0.2, 0) is 33.6 Å². The van der Waals surface area contributed by atoms with Gasteiger partial charge in [0.05, 0.1) is 41.3 Å². The fraction of sp³-hybridized carbons (Fsp3) is 0.516. The van der Waals surface area contributed by atoms with Gasteiger partial charge in [0.25, 0.3) is 0 Å². The maximum atomic E-state index is 12.9. The number of likely N-dealkylation sites (N-methyl/N-ethyl adjacent to an activating group) is 1. The highest BCUT2D eigenvalue weighted by Crippen LogP contribution is 2.42. The highest BCUT2D eigenvalue weighted by atomic mass is 16.5. The summed E-state index contributed by atoms with van der Waals surface area (Å²) in [7, 11) is 8.79. The molecule has 2 aliphatic rings. The molecule has 1 amide bonds. The Morgan fingerprint density at radius 3 is 2.05 bits per heavy atom. The van der Waals surface area contributed by atoms with Crippen LogP contribution in [0, 0.1) is 0 Å². The number of carboxylic acid groups (broad SMARTS) is 2. The van der Waals surface area contributed by atoms with Crippen LogP contribution in [-0.4, -0.2) is 106 Å². The highest BCUT2D eigenvalue weighted by Gasteiger charge is 2.29. The van der Waals surface area contributed by atoms with Gasteiger partial charge in [0.2, 0.25) is 5.91 Å². The molecule has 0 aromatic heterocycles. The Morgan fingerprint density at radius 1 is 0.953 bits per heavy atom. The van der Waals surface area contributed by atoms with Crippen LogP contribution in [0.25, 0.3) is 0 Å². The minimum atomic E-state index is -1.29. The van der Waals surface area contributed by atoms with E-state index in [9.17, 15) is 14.4 Å². The van der Waals surface area contributed by atoms with Gasteiger partial charge in [-0.1, -0.05) is 0 Å². The molecule has 1 aliphatic heterocycles. The van der Waals surface area contributed by atoms with Gasteiger partial charge in [0.1, 0.15) is 6.04 Å². The summed E-state index contributed by atoms with van der Waals surface area (Å²) < 4.78 is 21.7. The van der Waals surface area contributed by atoms with Gasteiger partial charge < -0.3 is 44.7 Å². The number of ether oxygens (including phenoxy) is 4. The van der Waals surface area contributed by atoms with E-state index < -0.39 is 24.4 Å². The van der Waals surface area contributed by atoms with Gasteiger partial charge in [-0.2, -0.15) is 0 Å². The fourth-order valence-electron chi connectivity index (χ4n) is 5.43. The van der Waals surface area contributed by atoms with E-state index in [1.807, 2.05) is 17.0 Å². The van der Waals surface area contributed by atoms with Crippen LogP contribution in [0.3, 0.4) is 0 Å². The van der Waals surface area contributed by atoms with Crippen molar-refractivity contribution in [1.29, 1.82) is 0 Å². The first-order valence-corrected chi connectivity index (χ1v) is 14.2. The number of methoxy groups -OCH3 is 4. The summed E-state index contributed by atoms with van der Waals surface area (Å²) in [6.45, 7) is 3.47.